The molecule has 0 radical (unpaired) electrons. The number of aliphatic hydroxyl groups is 1. The molecule has 0 aliphatic carbocycles. The van der Waals surface area contributed by atoms with Gasteiger partial charge in [0.05, 0.1) is 11.5 Å². The highest BCUT2D eigenvalue weighted by molar-refractivity contribution is 5.94. The Labute approximate surface area is 147 Å². The van der Waals surface area contributed by atoms with Gasteiger partial charge in [-0.2, -0.15) is 0 Å². The molecule has 0 unspecified atom stereocenters. The average molecular weight is 331 g/mol. The first kappa shape index (κ1) is 16.9. The average Bonchev–Trinajstić information content (AvgIpc) is 2.61. The minimum atomic E-state index is -0.132. The minimum absolute atomic E-state index is 0.132. The summed E-state index contributed by atoms with van der Waals surface area (Å²) in [5.74, 6) is 0.00395. The summed E-state index contributed by atoms with van der Waals surface area (Å²) >= 11 is 0. The number of aromatic nitrogens is 1. The van der Waals surface area contributed by atoms with Crippen molar-refractivity contribution in [3.63, 3.8) is 0 Å². The van der Waals surface area contributed by atoms with Crippen LogP contribution in [0.3, 0.4) is 0 Å². The Kier molecular flexibility index (Phi) is 5.24. The molecular weight excluding hydrogens is 310 g/mol. The molecule has 3 aromatic rings. The number of aryl methyl sites for hydroxylation is 1. The summed E-state index contributed by atoms with van der Waals surface area (Å²) < 4.78 is 0. The molecule has 0 aliphatic heterocycles. The van der Waals surface area contributed by atoms with Crippen molar-refractivity contribution < 1.29 is 9.90 Å². The molecule has 0 saturated carbocycles. The van der Waals surface area contributed by atoms with Gasteiger partial charge in [0.15, 0.2) is 5.78 Å². The van der Waals surface area contributed by atoms with E-state index in [4.69, 9.17) is 4.98 Å². The Morgan fingerprint density at radius 2 is 1.80 bits per heavy atom. The topological polar surface area (TPSA) is 50.2 Å². The molecule has 1 heterocycles. The molecule has 0 saturated heterocycles. The fraction of sp³-hybridized carbons (Fsp3) is 0.182. The number of allylic oxidation sites excluding steroid dienone is 2. The monoisotopic (exact) mass is 331 g/mol. The standard InChI is InChI=1S/C22H21NO2/c1-16(24)14-20(25)12-7-11-19-15-18-10-5-6-13-21(18)22(23-19)17-8-3-2-4-9-17/h2-6,8-10,13-15,25H,7,11-12H2,1H3. The Balaban J connectivity index is 1.88. The van der Waals surface area contributed by atoms with Crippen molar-refractivity contribution in [2.75, 3.05) is 0 Å². The fourth-order valence-corrected chi connectivity index (χ4v) is 2.96. The second-order valence-corrected chi connectivity index (χ2v) is 6.15. The smallest absolute Gasteiger partial charge is 0.155 e. The van der Waals surface area contributed by atoms with E-state index in [0.29, 0.717) is 6.42 Å². The number of rotatable bonds is 6. The predicted octanol–water partition coefficient (Wildman–Crippen LogP) is 5.26. The summed E-state index contributed by atoms with van der Waals surface area (Å²) in [7, 11) is 0. The van der Waals surface area contributed by atoms with Crippen LogP contribution in [-0.4, -0.2) is 15.9 Å². The van der Waals surface area contributed by atoms with Crippen molar-refractivity contribution in [1.82, 2.24) is 4.98 Å². The molecule has 0 aliphatic rings. The Morgan fingerprint density at radius 3 is 2.56 bits per heavy atom. The number of hydrogen-bond acceptors (Lipinski definition) is 3. The van der Waals surface area contributed by atoms with Gasteiger partial charge in [-0.15, -0.1) is 0 Å². The first-order valence-electron chi connectivity index (χ1n) is 8.47. The summed E-state index contributed by atoms with van der Waals surface area (Å²) in [6.45, 7) is 1.44. The molecule has 0 atom stereocenters. The van der Waals surface area contributed by atoms with E-state index in [2.05, 4.69) is 30.3 Å². The van der Waals surface area contributed by atoms with Crippen LogP contribution in [0.15, 0.2) is 72.5 Å². The second kappa shape index (κ2) is 7.75. The van der Waals surface area contributed by atoms with Crippen molar-refractivity contribution in [3.05, 3.63) is 78.2 Å². The third kappa shape index (κ3) is 4.32. The lowest BCUT2D eigenvalue weighted by Crippen LogP contribution is -1.96. The van der Waals surface area contributed by atoms with Gasteiger partial charge >= 0.3 is 0 Å². The van der Waals surface area contributed by atoms with E-state index in [-0.39, 0.29) is 11.5 Å². The van der Waals surface area contributed by atoms with Crippen molar-refractivity contribution in [2.24, 2.45) is 0 Å². The molecule has 0 spiro atoms. The molecule has 0 amide bonds. The van der Waals surface area contributed by atoms with Gasteiger partial charge in [-0.25, -0.2) is 0 Å². The van der Waals surface area contributed by atoms with E-state index in [9.17, 15) is 9.90 Å². The Bertz CT molecular complexity index is 914. The highest BCUT2D eigenvalue weighted by Crippen LogP contribution is 2.28. The van der Waals surface area contributed by atoms with E-state index >= 15 is 0 Å². The van der Waals surface area contributed by atoms with Gasteiger partial charge in [-0.3, -0.25) is 9.78 Å². The van der Waals surface area contributed by atoms with Crippen LogP contribution in [0, 0.1) is 0 Å². The number of carbonyl (C=O) groups is 1. The van der Waals surface area contributed by atoms with Crippen LogP contribution in [-0.2, 0) is 11.2 Å². The summed E-state index contributed by atoms with van der Waals surface area (Å²) in [5, 5.41) is 12.0. The number of pyridine rings is 1. The van der Waals surface area contributed by atoms with E-state index in [0.717, 1.165) is 40.6 Å². The van der Waals surface area contributed by atoms with Crippen LogP contribution in [0.1, 0.15) is 25.5 Å². The van der Waals surface area contributed by atoms with Crippen molar-refractivity contribution in [3.8, 4) is 11.3 Å². The van der Waals surface area contributed by atoms with Crippen LogP contribution < -0.4 is 0 Å². The highest BCUT2D eigenvalue weighted by Gasteiger charge is 2.08. The predicted molar refractivity (Wildman–Crippen MR) is 102 cm³/mol. The lowest BCUT2D eigenvalue weighted by atomic mass is 10.0. The number of benzene rings is 2. The maximum absolute atomic E-state index is 11.0. The largest absolute Gasteiger partial charge is 0.512 e. The van der Waals surface area contributed by atoms with E-state index in [1.807, 2.05) is 30.3 Å². The summed E-state index contributed by atoms with van der Waals surface area (Å²) in [6.07, 6.45) is 3.26. The maximum Gasteiger partial charge on any atom is 0.155 e. The van der Waals surface area contributed by atoms with Crippen LogP contribution in [0.4, 0.5) is 0 Å². The molecule has 3 rings (SSSR count). The number of ketones is 1. The van der Waals surface area contributed by atoms with Crippen LogP contribution in [0.2, 0.25) is 0 Å². The van der Waals surface area contributed by atoms with Crippen molar-refractivity contribution in [1.29, 1.82) is 0 Å². The number of hydrogen-bond donors (Lipinski definition) is 1. The lowest BCUT2D eigenvalue weighted by molar-refractivity contribution is -0.112. The molecule has 2 aromatic carbocycles. The molecule has 3 heteroatoms. The Hall–Kier alpha value is -2.94. The maximum atomic E-state index is 11.0. The second-order valence-electron chi connectivity index (χ2n) is 6.15. The van der Waals surface area contributed by atoms with Gasteiger partial charge in [0.1, 0.15) is 0 Å². The molecule has 126 valence electrons. The summed E-state index contributed by atoms with van der Waals surface area (Å²) in [4.78, 5) is 15.8. The van der Waals surface area contributed by atoms with Crippen LogP contribution in [0.5, 0.6) is 0 Å². The van der Waals surface area contributed by atoms with Crippen molar-refractivity contribution >= 4 is 16.6 Å². The zero-order chi connectivity index (χ0) is 17.6. The molecule has 1 N–H and O–H groups in total. The highest BCUT2D eigenvalue weighted by atomic mass is 16.3. The molecule has 0 bridgehead atoms. The zero-order valence-corrected chi connectivity index (χ0v) is 14.3. The normalized spacial score (nSPS) is 11.6. The third-order valence-electron chi connectivity index (χ3n) is 4.08. The van der Waals surface area contributed by atoms with Gasteiger partial charge in [-0.1, -0.05) is 54.6 Å². The third-order valence-corrected chi connectivity index (χ3v) is 4.08. The number of carbonyl (C=O) groups excluding carboxylic acids is 1. The number of fused-ring (bicyclic) bond motifs is 1. The summed E-state index contributed by atoms with van der Waals surface area (Å²) in [5.41, 5.74) is 3.07. The van der Waals surface area contributed by atoms with Gasteiger partial charge in [0.2, 0.25) is 0 Å². The van der Waals surface area contributed by atoms with Gasteiger partial charge in [-0.05, 0) is 31.2 Å². The molecule has 1 aromatic heterocycles. The molecular formula is C22H21NO2. The van der Waals surface area contributed by atoms with E-state index < -0.39 is 0 Å². The van der Waals surface area contributed by atoms with Gasteiger partial charge in [0, 0.05) is 29.1 Å². The SMILES string of the molecule is CC(=O)C=C(O)CCCc1cc2ccccc2c(-c2ccccc2)n1. The van der Waals surface area contributed by atoms with Gasteiger partial charge in [0.25, 0.3) is 0 Å². The number of nitrogens with zero attached hydrogens (tertiary/aromatic N) is 1. The van der Waals surface area contributed by atoms with Crippen LogP contribution >= 0.6 is 0 Å². The fourth-order valence-electron chi connectivity index (χ4n) is 2.96. The van der Waals surface area contributed by atoms with E-state index in [1.165, 1.54) is 13.0 Å². The molecule has 25 heavy (non-hydrogen) atoms. The molecule has 3 nitrogen and oxygen atoms in total. The lowest BCUT2D eigenvalue weighted by Gasteiger charge is -2.10. The van der Waals surface area contributed by atoms with E-state index in [1.54, 1.807) is 0 Å². The zero-order valence-electron chi connectivity index (χ0n) is 14.3. The van der Waals surface area contributed by atoms with Gasteiger partial charge < -0.3 is 5.11 Å². The van der Waals surface area contributed by atoms with Crippen LogP contribution in [0.25, 0.3) is 22.0 Å². The molecule has 0 fully saturated rings. The first-order valence-corrected chi connectivity index (χ1v) is 8.47. The van der Waals surface area contributed by atoms with Crippen molar-refractivity contribution in [2.45, 2.75) is 26.2 Å². The minimum Gasteiger partial charge on any atom is -0.512 e. The first-order chi connectivity index (χ1) is 12.1. The quantitative estimate of drug-likeness (QED) is 0.495. The summed E-state index contributed by atoms with van der Waals surface area (Å²) in [6, 6.07) is 20.5. The Morgan fingerprint density at radius 1 is 1.08 bits per heavy atom. The number of aliphatic hydroxyl groups excluding tert-OH is 1.